The van der Waals surface area contributed by atoms with E-state index in [0.29, 0.717) is 13.0 Å². The number of guanidine groups is 1. The first-order chi connectivity index (χ1) is 11.5. The molecule has 1 aromatic rings. The largest absolute Gasteiger partial charge is 0.352 e. The number of nitrogens with one attached hydrogen (secondary N) is 2. The van der Waals surface area contributed by atoms with Crippen molar-refractivity contribution < 1.29 is 4.79 Å². The van der Waals surface area contributed by atoms with E-state index in [1.165, 1.54) is 0 Å². The first-order valence-electron chi connectivity index (χ1n) is 8.39. The normalized spacial score (nSPS) is 18.0. The minimum absolute atomic E-state index is 0.216. The van der Waals surface area contributed by atoms with Gasteiger partial charge in [-0.05, 0) is 6.42 Å². The summed E-state index contributed by atoms with van der Waals surface area (Å²) in [5, 5.41) is 6.72. The van der Waals surface area contributed by atoms with Crippen molar-refractivity contribution in [2.45, 2.75) is 32.4 Å². The van der Waals surface area contributed by atoms with E-state index in [9.17, 15) is 4.79 Å². The van der Waals surface area contributed by atoms with Gasteiger partial charge in [0.15, 0.2) is 5.96 Å². The van der Waals surface area contributed by atoms with Crippen molar-refractivity contribution in [3.05, 3.63) is 11.9 Å². The molecule has 8 heteroatoms. The quantitative estimate of drug-likeness (QED) is 0.592. The molecule has 24 heavy (non-hydrogen) atoms. The molecule has 1 atom stereocenters. The van der Waals surface area contributed by atoms with E-state index in [1.807, 2.05) is 44.1 Å². The Labute approximate surface area is 143 Å². The number of hydrogen-bond acceptors (Lipinski definition) is 4. The molecule has 1 saturated heterocycles. The van der Waals surface area contributed by atoms with Gasteiger partial charge < -0.3 is 25.0 Å². The van der Waals surface area contributed by atoms with Crippen LogP contribution in [0.4, 0.5) is 5.95 Å². The van der Waals surface area contributed by atoms with Gasteiger partial charge in [-0.15, -0.1) is 0 Å². The van der Waals surface area contributed by atoms with Crippen molar-refractivity contribution in [1.29, 1.82) is 0 Å². The Balaban J connectivity index is 1.87. The van der Waals surface area contributed by atoms with E-state index in [-0.39, 0.29) is 11.9 Å². The van der Waals surface area contributed by atoms with Crippen LogP contribution in [0.1, 0.15) is 25.5 Å². The third kappa shape index (κ3) is 4.18. The van der Waals surface area contributed by atoms with E-state index in [1.54, 1.807) is 7.05 Å². The van der Waals surface area contributed by atoms with Gasteiger partial charge in [-0.3, -0.25) is 9.79 Å². The molecule has 0 saturated carbocycles. The highest BCUT2D eigenvalue weighted by Gasteiger charge is 2.25. The molecular formula is C16H29N7O. The molecule has 1 fully saturated rings. The molecule has 1 aromatic heterocycles. The van der Waals surface area contributed by atoms with E-state index in [0.717, 1.165) is 37.1 Å². The Kier molecular flexibility index (Phi) is 6.05. The number of rotatable bonds is 5. The SMILES string of the molecule is CCC(=O)N1CCC(NC(=NC)NCc2cnc(N(C)C)n2C)C1. The summed E-state index contributed by atoms with van der Waals surface area (Å²) in [4.78, 5) is 24.3. The van der Waals surface area contributed by atoms with Crippen LogP contribution in [0, 0.1) is 0 Å². The summed E-state index contributed by atoms with van der Waals surface area (Å²) < 4.78 is 2.05. The molecule has 0 aliphatic carbocycles. The maximum Gasteiger partial charge on any atom is 0.222 e. The number of nitrogens with zero attached hydrogens (tertiary/aromatic N) is 5. The third-order valence-electron chi connectivity index (χ3n) is 4.30. The fourth-order valence-corrected chi connectivity index (χ4v) is 2.90. The fourth-order valence-electron chi connectivity index (χ4n) is 2.90. The molecular weight excluding hydrogens is 306 g/mol. The number of aliphatic imine (C=N–C) groups is 1. The van der Waals surface area contributed by atoms with E-state index >= 15 is 0 Å². The molecule has 0 aromatic carbocycles. The van der Waals surface area contributed by atoms with E-state index < -0.39 is 0 Å². The number of carbonyl (C=O) groups excluding carboxylic acids is 1. The van der Waals surface area contributed by atoms with Crippen molar-refractivity contribution >= 4 is 17.8 Å². The van der Waals surface area contributed by atoms with Crippen LogP contribution in [0.5, 0.6) is 0 Å². The first-order valence-corrected chi connectivity index (χ1v) is 8.39. The van der Waals surface area contributed by atoms with Crippen LogP contribution in [0.25, 0.3) is 0 Å². The minimum atomic E-state index is 0.216. The zero-order valence-corrected chi connectivity index (χ0v) is 15.3. The number of imidazole rings is 1. The van der Waals surface area contributed by atoms with Gasteiger partial charge in [0.2, 0.25) is 11.9 Å². The van der Waals surface area contributed by atoms with Gasteiger partial charge >= 0.3 is 0 Å². The number of hydrogen-bond donors (Lipinski definition) is 2. The molecule has 2 rings (SSSR count). The van der Waals surface area contributed by atoms with Gasteiger partial charge in [0.1, 0.15) is 0 Å². The Hall–Kier alpha value is -2.25. The highest BCUT2D eigenvalue weighted by atomic mass is 16.2. The molecule has 0 bridgehead atoms. The molecule has 1 aliphatic heterocycles. The summed E-state index contributed by atoms with van der Waals surface area (Å²) in [5.41, 5.74) is 1.08. The van der Waals surface area contributed by atoms with Gasteiger partial charge in [0.25, 0.3) is 0 Å². The second-order valence-electron chi connectivity index (χ2n) is 6.25. The van der Waals surface area contributed by atoms with Crippen LogP contribution in [-0.2, 0) is 18.4 Å². The summed E-state index contributed by atoms with van der Waals surface area (Å²) >= 11 is 0. The number of carbonyl (C=O) groups is 1. The van der Waals surface area contributed by atoms with Crippen molar-refractivity contribution in [2.75, 3.05) is 39.1 Å². The summed E-state index contributed by atoms with van der Waals surface area (Å²) in [6.07, 6.45) is 3.38. The fraction of sp³-hybridized carbons (Fsp3) is 0.688. The molecule has 0 radical (unpaired) electrons. The lowest BCUT2D eigenvalue weighted by atomic mass is 10.3. The van der Waals surface area contributed by atoms with Crippen LogP contribution >= 0.6 is 0 Å². The van der Waals surface area contributed by atoms with Crippen LogP contribution in [-0.4, -0.2) is 66.6 Å². The van der Waals surface area contributed by atoms with E-state index in [2.05, 4.69) is 25.2 Å². The Morgan fingerprint density at radius 2 is 2.25 bits per heavy atom. The average Bonchev–Trinajstić information content (AvgIpc) is 3.17. The predicted molar refractivity (Wildman–Crippen MR) is 96.1 cm³/mol. The van der Waals surface area contributed by atoms with Gasteiger partial charge in [0, 0.05) is 53.7 Å². The van der Waals surface area contributed by atoms with E-state index in [4.69, 9.17) is 0 Å². The number of likely N-dealkylation sites (tertiary alicyclic amines) is 1. The molecule has 1 unspecified atom stereocenters. The van der Waals surface area contributed by atoms with Crippen LogP contribution in [0.3, 0.4) is 0 Å². The van der Waals surface area contributed by atoms with Crippen LogP contribution in [0.2, 0.25) is 0 Å². The second-order valence-corrected chi connectivity index (χ2v) is 6.25. The minimum Gasteiger partial charge on any atom is -0.352 e. The molecule has 8 nitrogen and oxygen atoms in total. The van der Waals surface area contributed by atoms with Crippen LogP contribution < -0.4 is 15.5 Å². The predicted octanol–water partition coefficient (Wildman–Crippen LogP) is 0.162. The summed E-state index contributed by atoms with van der Waals surface area (Å²) in [7, 11) is 7.71. The Morgan fingerprint density at radius 1 is 1.50 bits per heavy atom. The maximum atomic E-state index is 11.8. The third-order valence-corrected chi connectivity index (χ3v) is 4.30. The second kappa shape index (κ2) is 8.03. The molecule has 2 heterocycles. The smallest absolute Gasteiger partial charge is 0.222 e. The number of anilines is 1. The number of amides is 1. The zero-order valence-electron chi connectivity index (χ0n) is 15.3. The van der Waals surface area contributed by atoms with Crippen LogP contribution in [0.15, 0.2) is 11.2 Å². The maximum absolute atomic E-state index is 11.8. The van der Waals surface area contributed by atoms with Gasteiger partial charge in [-0.25, -0.2) is 4.98 Å². The van der Waals surface area contributed by atoms with Gasteiger partial charge in [-0.1, -0.05) is 6.92 Å². The summed E-state index contributed by atoms with van der Waals surface area (Å²) in [5.74, 6) is 1.88. The average molecular weight is 335 g/mol. The topological polar surface area (TPSA) is 77.8 Å². The highest BCUT2D eigenvalue weighted by molar-refractivity contribution is 5.80. The van der Waals surface area contributed by atoms with Crippen molar-refractivity contribution in [3.63, 3.8) is 0 Å². The monoisotopic (exact) mass is 335 g/mol. The van der Waals surface area contributed by atoms with Crippen molar-refractivity contribution in [2.24, 2.45) is 12.0 Å². The molecule has 1 aliphatic rings. The standard InChI is InChI=1S/C16H29N7O/c1-6-14(24)23-8-7-12(11-23)20-15(17-2)18-9-13-10-19-16(21(3)4)22(13)5/h10,12H,6-9,11H2,1-5H3,(H2,17,18,20). The lowest BCUT2D eigenvalue weighted by molar-refractivity contribution is -0.129. The Bertz CT molecular complexity index is 593. The summed E-state index contributed by atoms with van der Waals surface area (Å²) in [6, 6.07) is 0.246. The Morgan fingerprint density at radius 3 is 2.83 bits per heavy atom. The van der Waals surface area contributed by atoms with Crippen molar-refractivity contribution in [1.82, 2.24) is 25.1 Å². The van der Waals surface area contributed by atoms with Crippen molar-refractivity contribution in [3.8, 4) is 0 Å². The highest BCUT2D eigenvalue weighted by Crippen LogP contribution is 2.12. The molecule has 0 spiro atoms. The lowest BCUT2D eigenvalue weighted by Gasteiger charge is -2.19. The lowest BCUT2D eigenvalue weighted by Crippen LogP contribution is -2.44. The molecule has 134 valence electrons. The molecule has 1 amide bonds. The zero-order chi connectivity index (χ0) is 17.7. The first kappa shape index (κ1) is 18.1. The molecule has 2 N–H and O–H groups in total. The summed E-state index contributed by atoms with van der Waals surface area (Å²) in [6.45, 7) is 4.10. The van der Waals surface area contributed by atoms with Gasteiger partial charge in [-0.2, -0.15) is 0 Å². The number of aromatic nitrogens is 2. The van der Waals surface area contributed by atoms with Gasteiger partial charge in [0.05, 0.1) is 18.4 Å².